The summed E-state index contributed by atoms with van der Waals surface area (Å²) in [7, 11) is 0. The molecule has 7 heteroatoms. The summed E-state index contributed by atoms with van der Waals surface area (Å²) >= 11 is 6.14. The molecule has 0 atom stereocenters. The number of halogens is 2. The standard InChI is InChI=1S/C21H16ClN3O2.ClH/c22-18-4-2-1-3-15(18)13-27-17-8-5-14(6-9-17)12-23-16-7-10-19-20(11-16)25-21(26)24-19;/h1-11,23H,12-13H2;1H. The lowest BCUT2D eigenvalue weighted by molar-refractivity contribution is 0.256. The number of nitrogens with one attached hydrogen (secondary N) is 1. The maximum atomic E-state index is 11.2. The van der Waals surface area contributed by atoms with E-state index in [0.717, 1.165) is 22.6 Å². The second-order valence-electron chi connectivity index (χ2n) is 6.09. The number of anilines is 1. The van der Waals surface area contributed by atoms with Crippen molar-refractivity contribution in [2.75, 3.05) is 5.32 Å². The van der Waals surface area contributed by atoms with Crippen LogP contribution >= 0.6 is 24.0 Å². The van der Waals surface area contributed by atoms with Crippen LogP contribution in [0.4, 0.5) is 10.5 Å². The van der Waals surface area contributed by atoms with Gasteiger partial charge in [-0.3, -0.25) is 0 Å². The number of nitrogens with zero attached hydrogens (tertiary/aromatic N) is 2. The van der Waals surface area contributed by atoms with Gasteiger partial charge in [-0.15, -0.1) is 12.4 Å². The molecule has 0 radical (unpaired) electrons. The van der Waals surface area contributed by atoms with Crippen molar-refractivity contribution in [2.24, 2.45) is 9.98 Å². The van der Waals surface area contributed by atoms with Gasteiger partial charge in [0.25, 0.3) is 0 Å². The molecule has 3 aromatic rings. The fourth-order valence-corrected chi connectivity index (χ4v) is 2.92. The Morgan fingerprint density at radius 3 is 2.46 bits per heavy atom. The van der Waals surface area contributed by atoms with E-state index in [1.807, 2.05) is 60.7 Å². The minimum atomic E-state index is -0.450. The average molecular weight is 414 g/mol. The molecule has 0 aromatic heterocycles. The monoisotopic (exact) mass is 413 g/mol. The highest BCUT2D eigenvalue weighted by Crippen LogP contribution is 2.19. The third-order valence-corrected chi connectivity index (χ3v) is 4.55. The van der Waals surface area contributed by atoms with Gasteiger partial charge < -0.3 is 10.1 Å². The molecule has 0 aliphatic carbocycles. The number of urea groups is 1. The van der Waals surface area contributed by atoms with Crippen LogP contribution in [0, 0.1) is 0 Å². The van der Waals surface area contributed by atoms with Crippen LogP contribution in [0.5, 0.6) is 5.75 Å². The molecular formula is C21H17Cl2N3O2. The molecule has 1 heterocycles. The lowest BCUT2D eigenvalue weighted by atomic mass is 10.2. The molecule has 0 fully saturated rings. The third-order valence-electron chi connectivity index (χ3n) is 4.18. The van der Waals surface area contributed by atoms with E-state index in [0.29, 0.717) is 28.9 Å². The predicted octanol–water partition coefficient (Wildman–Crippen LogP) is 4.33. The van der Waals surface area contributed by atoms with Crippen LogP contribution in [0.1, 0.15) is 11.1 Å². The van der Waals surface area contributed by atoms with Gasteiger partial charge in [0.2, 0.25) is 0 Å². The van der Waals surface area contributed by atoms with Gasteiger partial charge in [-0.05, 0) is 42.0 Å². The molecule has 0 bridgehead atoms. The smallest absolute Gasteiger partial charge is 0.368 e. The van der Waals surface area contributed by atoms with E-state index >= 15 is 0 Å². The van der Waals surface area contributed by atoms with Gasteiger partial charge >= 0.3 is 6.03 Å². The largest absolute Gasteiger partial charge is 0.489 e. The van der Waals surface area contributed by atoms with E-state index in [-0.39, 0.29) is 12.4 Å². The van der Waals surface area contributed by atoms with E-state index in [9.17, 15) is 4.79 Å². The summed E-state index contributed by atoms with van der Waals surface area (Å²) in [5.41, 5.74) is 2.96. The van der Waals surface area contributed by atoms with Gasteiger partial charge in [-0.2, -0.15) is 9.98 Å². The molecule has 28 heavy (non-hydrogen) atoms. The topological polar surface area (TPSA) is 63.0 Å². The summed E-state index contributed by atoms with van der Waals surface area (Å²) in [6.45, 7) is 1.08. The predicted molar refractivity (Wildman–Crippen MR) is 111 cm³/mol. The van der Waals surface area contributed by atoms with Gasteiger partial charge in [0.15, 0.2) is 0 Å². The maximum absolute atomic E-state index is 11.2. The lowest BCUT2D eigenvalue weighted by Gasteiger charge is -2.09. The number of hydrogen-bond donors (Lipinski definition) is 1. The van der Waals surface area contributed by atoms with Gasteiger partial charge in [0, 0.05) is 22.8 Å². The number of benzene rings is 3. The second kappa shape index (κ2) is 8.87. The van der Waals surface area contributed by atoms with Crippen LogP contribution in [-0.2, 0) is 13.2 Å². The van der Waals surface area contributed by atoms with E-state index in [1.54, 1.807) is 6.07 Å². The first-order valence-electron chi connectivity index (χ1n) is 8.48. The Morgan fingerprint density at radius 2 is 1.68 bits per heavy atom. The zero-order valence-corrected chi connectivity index (χ0v) is 16.3. The number of ether oxygens (including phenoxy) is 1. The molecule has 0 spiro atoms. The van der Waals surface area contributed by atoms with Crippen molar-refractivity contribution in [2.45, 2.75) is 13.2 Å². The lowest BCUT2D eigenvalue weighted by Crippen LogP contribution is -2.21. The number of rotatable bonds is 6. The summed E-state index contributed by atoms with van der Waals surface area (Å²) in [5.74, 6) is 0.787. The van der Waals surface area contributed by atoms with Crippen LogP contribution < -0.4 is 20.8 Å². The zero-order chi connectivity index (χ0) is 18.6. The highest BCUT2D eigenvalue weighted by atomic mass is 35.5. The normalized spacial score (nSPS) is 11.7. The fraction of sp³-hybridized carbons (Fsp3) is 0.0952. The summed E-state index contributed by atoms with van der Waals surface area (Å²) in [6.07, 6.45) is 0. The first kappa shape index (κ1) is 19.9. The Labute approximate surface area is 173 Å². The Morgan fingerprint density at radius 1 is 0.929 bits per heavy atom. The summed E-state index contributed by atoms with van der Waals surface area (Å²) in [6, 6.07) is 20.6. The number of carbonyl (C=O) groups excluding carboxylic acids is 1. The van der Waals surface area contributed by atoms with Crippen molar-refractivity contribution in [1.29, 1.82) is 0 Å². The highest BCUT2D eigenvalue weighted by molar-refractivity contribution is 6.31. The Bertz CT molecular complexity index is 1120. The minimum Gasteiger partial charge on any atom is -0.489 e. The zero-order valence-electron chi connectivity index (χ0n) is 14.8. The van der Waals surface area contributed by atoms with Crippen molar-refractivity contribution < 1.29 is 9.53 Å². The highest BCUT2D eigenvalue weighted by Gasteiger charge is 2.05. The molecule has 2 amide bonds. The third kappa shape index (κ3) is 4.68. The van der Waals surface area contributed by atoms with Gasteiger partial charge in [-0.25, -0.2) is 4.79 Å². The fourth-order valence-electron chi connectivity index (χ4n) is 2.73. The molecule has 1 N–H and O–H groups in total. The molecule has 4 rings (SSSR count). The van der Waals surface area contributed by atoms with E-state index in [2.05, 4.69) is 15.3 Å². The molecule has 0 saturated heterocycles. The number of amides is 2. The van der Waals surface area contributed by atoms with Crippen molar-refractivity contribution in [3.63, 3.8) is 0 Å². The Kier molecular flexibility index (Phi) is 6.29. The average Bonchev–Trinajstić information content (AvgIpc) is 3.06. The molecule has 142 valence electrons. The summed E-state index contributed by atoms with van der Waals surface area (Å²) in [4.78, 5) is 18.9. The van der Waals surface area contributed by atoms with Crippen LogP contribution in [0.3, 0.4) is 0 Å². The molecule has 3 aromatic carbocycles. The van der Waals surface area contributed by atoms with Crippen molar-refractivity contribution >= 4 is 35.7 Å². The van der Waals surface area contributed by atoms with E-state index in [4.69, 9.17) is 16.3 Å². The SMILES string of the molecule is Cl.O=C1N=c2ccc(NCc3ccc(OCc4ccccc4Cl)cc3)cc2=N1. The van der Waals surface area contributed by atoms with Crippen molar-refractivity contribution in [1.82, 2.24) is 0 Å². The van der Waals surface area contributed by atoms with Crippen LogP contribution in [-0.4, -0.2) is 6.03 Å². The number of fused-ring (bicyclic) bond motifs is 1. The van der Waals surface area contributed by atoms with Crippen LogP contribution in [0.15, 0.2) is 76.7 Å². The first-order valence-corrected chi connectivity index (χ1v) is 8.86. The van der Waals surface area contributed by atoms with Crippen LogP contribution in [0.25, 0.3) is 0 Å². The molecule has 0 unspecified atom stereocenters. The van der Waals surface area contributed by atoms with Gasteiger partial charge in [-0.1, -0.05) is 41.9 Å². The molecular weight excluding hydrogens is 397 g/mol. The summed E-state index contributed by atoms with van der Waals surface area (Å²) < 4.78 is 5.79. The quantitative estimate of drug-likeness (QED) is 0.653. The Balaban J connectivity index is 0.00000225. The second-order valence-corrected chi connectivity index (χ2v) is 6.49. The minimum absolute atomic E-state index is 0. The number of carbonyl (C=O) groups is 1. The van der Waals surface area contributed by atoms with E-state index < -0.39 is 6.03 Å². The van der Waals surface area contributed by atoms with E-state index in [1.165, 1.54) is 0 Å². The molecule has 5 nitrogen and oxygen atoms in total. The molecule has 1 aliphatic rings. The maximum Gasteiger partial charge on any atom is 0.368 e. The molecule has 0 saturated carbocycles. The summed E-state index contributed by atoms with van der Waals surface area (Å²) in [5, 5.41) is 5.24. The van der Waals surface area contributed by atoms with Gasteiger partial charge in [0.1, 0.15) is 12.4 Å². The Hall–Kier alpha value is -2.89. The van der Waals surface area contributed by atoms with Crippen molar-refractivity contribution in [3.05, 3.63) is 93.6 Å². The van der Waals surface area contributed by atoms with Gasteiger partial charge in [0.05, 0.1) is 10.7 Å². The number of hydrogen-bond acceptors (Lipinski definition) is 3. The van der Waals surface area contributed by atoms with Crippen molar-refractivity contribution in [3.8, 4) is 5.75 Å². The molecule has 1 aliphatic heterocycles. The first-order chi connectivity index (χ1) is 13.2. The van der Waals surface area contributed by atoms with Crippen LogP contribution in [0.2, 0.25) is 5.02 Å².